The summed E-state index contributed by atoms with van der Waals surface area (Å²) in [5, 5.41) is 12.8. The van der Waals surface area contributed by atoms with Crippen LogP contribution in [-0.2, 0) is 25.5 Å². The summed E-state index contributed by atoms with van der Waals surface area (Å²) >= 11 is 0. The highest BCUT2D eigenvalue weighted by molar-refractivity contribution is 5.88. The van der Waals surface area contributed by atoms with Crippen molar-refractivity contribution in [3.63, 3.8) is 0 Å². The molecule has 5 atom stereocenters. The zero-order chi connectivity index (χ0) is 21.7. The van der Waals surface area contributed by atoms with E-state index in [1.165, 1.54) is 0 Å². The lowest BCUT2D eigenvalue weighted by Gasteiger charge is -2.31. The van der Waals surface area contributed by atoms with Crippen molar-refractivity contribution in [2.75, 3.05) is 6.61 Å². The molecule has 0 bridgehead atoms. The average Bonchev–Trinajstić information content (AvgIpc) is 3.32. The number of amides is 1. The third-order valence-corrected chi connectivity index (χ3v) is 6.33. The molecule has 1 aromatic carbocycles. The van der Waals surface area contributed by atoms with Crippen LogP contribution in [0, 0.1) is 5.92 Å². The molecule has 30 heavy (non-hydrogen) atoms. The van der Waals surface area contributed by atoms with E-state index in [1.807, 2.05) is 30.3 Å². The first kappa shape index (κ1) is 22.3. The maximum atomic E-state index is 13.2. The molecule has 1 aliphatic carbocycles. The fourth-order valence-corrected chi connectivity index (χ4v) is 4.89. The summed E-state index contributed by atoms with van der Waals surface area (Å²) in [6.45, 7) is 3.72. The summed E-state index contributed by atoms with van der Waals surface area (Å²) < 4.78 is 5.21. The number of nitrogens with zero attached hydrogens (tertiary/aromatic N) is 1. The van der Waals surface area contributed by atoms with E-state index in [0.717, 1.165) is 24.8 Å². The van der Waals surface area contributed by atoms with Gasteiger partial charge in [-0.2, -0.15) is 0 Å². The van der Waals surface area contributed by atoms with Crippen LogP contribution < -0.4 is 5.32 Å². The van der Waals surface area contributed by atoms with Gasteiger partial charge in [0.1, 0.15) is 12.1 Å². The second kappa shape index (κ2) is 10.1. The molecule has 7 heteroatoms. The van der Waals surface area contributed by atoms with Gasteiger partial charge in [-0.3, -0.25) is 14.9 Å². The maximum absolute atomic E-state index is 13.2. The Morgan fingerprint density at radius 2 is 1.97 bits per heavy atom. The summed E-state index contributed by atoms with van der Waals surface area (Å²) in [7, 11) is 0. The first-order chi connectivity index (χ1) is 14.4. The van der Waals surface area contributed by atoms with Crippen LogP contribution in [0.3, 0.4) is 0 Å². The topological polar surface area (TPSA) is 95.9 Å². The molecule has 2 aliphatic rings. The Bertz CT molecular complexity index is 753. The molecule has 1 aromatic rings. The van der Waals surface area contributed by atoms with Crippen LogP contribution in [0.5, 0.6) is 0 Å². The number of aliphatic carboxylic acids is 1. The quantitative estimate of drug-likeness (QED) is 0.600. The fourth-order valence-electron chi connectivity index (χ4n) is 4.89. The van der Waals surface area contributed by atoms with Crippen LogP contribution in [0.2, 0.25) is 0 Å². The van der Waals surface area contributed by atoms with Crippen molar-refractivity contribution in [2.24, 2.45) is 5.92 Å². The molecule has 0 radical (unpaired) electrons. The highest BCUT2D eigenvalue weighted by Gasteiger charge is 2.49. The summed E-state index contributed by atoms with van der Waals surface area (Å²) in [4.78, 5) is 39.1. The number of esters is 1. The Morgan fingerprint density at radius 3 is 2.63 bits per heavy atom. The van der Waals surface area contributed by atoms with Crippen LogP contribution in [0.1, 0.15) is 51.5 Å². The third-order valence-electron chi connectivity index (χ3n) is 6.33. The summed E-state index contributed by atoms with van der Waals surface area (Å²) in [6, 6.07) is 7.76. The number of rotatable bonds is 9. The second-order valence-electron chi connectivity index (χ2n) is 8.31. The molecule has 2 fully saturated rings. The van der Waals surface area contributed by atoms with E-state index in [1.54, 1.807) is 18.7 Å². The molecule has 0 spiro atoms. The van der Waals surface area contributed by atoms with Crippen LogP contribution >= 0.6 is 0 Å². The molecule has 3 rings (SSSR count). The second-order valence-corrected chi connectivity index (χ2v) is 8.31. The Morgan fingerprint density at radius 1 is 1.23 bits per heavy atom. The van der Waals surface area contributed by atoms with E-state index in [2.05, 4.69) is 5.32 Å². The minimum atomic E-state index is -0.948. The molecule has 1 saturated heterocycles. The van der Waals surface area contributed by atoms with Crippen LogP contribution in [0.15, 0.2) is 30.3 Å². The lowest BCUT2D eigenvalue weighted by Crippen LogP contribution is -2.55. The number of hydrogen-bond acceptors (Lipinski definition) is 5. The van der Waals surface area contributed by atoms with Crippen LogP contribution in [0.25, 0.3) is 0 Å². The van der Waals surface area contributed by atoms with Gasteiger partial charge in [0.25, 0.3) is 0 Å². The lowest BCUT2D eigenvalue weighted by atomic mass is 10.0. The number of fused-ring (bicyclic) bond motifs is 1. The lowest BCUT2D eigenvalue weighted by molar-refractivity contribution is -0.151. The number of carbonyl (C=O) groups is 3. The van der Waals surface area contributed by atoms with Crippen molar-refractivity contribution < 1.29 is 24.2 Å². The molecule has 1 heterocycles. The van der Waals surface area contributed by atoms with Gasteiger partial charge >= 0.3 is 11.9 Å². The molecule has 1 saturated carbocycles. The molecule has 1 unspecified atom stereocenters. The number of nitrogens with one attached hydrogen (secondary N) is 1. The fraction of sp³-hybridized carbons (Fsp3) is 0.609. The first-order valence-electron chi connectivity index (χ1n) is 10.9. The maximum Gasteiger partial charge on any atom is 0.326 e. The SMILES string of the molecule is CCOC(=O)[C@@H](CCc1ccccc1)N[C@H](C)C(=O)N1C(C(=O)O)C[C@H]2CCC[C@H]21. The molecule has 1 amide bonds. The Hall–Kier alpha value is -2.41. The molecule has 164 valence electrons. The van der Waals surface area contributed by atoms with E-state index in [4.69, 9.17) is 4.74 Å². The normalized spacial score (nSPS) is 24.9. The molecular weight excluding hydrogens is 384 g/mol. The van der Waals surface area contributed by atoms with E-state index in [9.17, 15) is 19.5 Å². The van der Waals surface area contributed by atoms with Gasteiger partial charge in [-0.15, -0.1) is 0 Å². The number of carboxylic acids is 1. The van der Waals surface area contributed by atoms with Crippen molar-refractivity contribution in [1.29, 1.82) is 0 Å². The highest BCUT2D eigenvalue weighted by atomic mass is 16.5. The summed E-state index contributed by atoms with van der Waals surface area (Å²) in [5.74, 6) is -1.31. The zero-order valence-corrected chi connectivity index (χ0v) is 17.8. The standard InChI is InChI=1S/C23H32N2O5/c1-3-30-23(29)18(13-12-16-8-5-4-6-9-16)24-15(2)21(26)25-19-11-7-10-17(19)14-20(25)22(27)28/h4-6,8-9,15,17-20,24H,3,7,10-14H2,1-2H3,(H,27,28)/t15-,17-,18-,19-,20?/m1/s1. The smallest absolute Gasteiger partial charge is 0.326 e. The van der Waals surface area contributed by atoms with Gasteiger partial charge < -0.3 is 14.7 Å². The molecule has 2 N–H and O–H groups in total. The van der Waals surface area contributed by atoms with Crippen molar-refractivity contribution in [2.45, 2.75) is 76.5 Å². The Balaban J connectivity index is 1.68. The minimum Gasteiger partial charge on any atom is -0.480 e. The predicted octanol–water partition coefficient (Wildman–Crippen LogP) is 2.38. The number of benzene rings is 1. The van der Waals surface area contributed by atoms with Crippen molar-refractivity contribution in [3.8, 4) is 0 Å². The number of hydrogen-bond donors (Lipinski definition) is 2. The molecular formula is C23H32N2O5. The number of likely N-dealkylation sites (tertiary alicyclic amines) is 1. The van der Waals surface area contributed by atoms with Crippen molar-refractivity contribution in [1.82, 2.24) is 10.2 Å². The van der Waals surface area contributed by atoms with E-state index in [0.29, 0.717) is 19.3 Å². The summed E-state index contributed by atoms with van der Waals surface area (Å²) in [6.07, 6.45) is 4.54. The monoisotopic (exact) mass is 416 g/mol. The Labute approximate surface area is 177 Å². The van der Waals surface area contributed by atoms with Crippen LogP contribution in [0.4, 0.5) is 0 Å². The van der Waals surface area contributed by atoms with E-state index >= 15 is 0 Å². The predicted molar refractivity (Wildman–Crippen MR) is 112 cm³/mol. The number of carbonyl (C=O) groups excluding carboxylic acids is 2. The van der Waals surface area contributed by atoms with Crippen molar-refractivity contribution >= 4 is 17.8 Å². The zero-order valence-electron chi connectivity index (χ0n) is 17.8. The van der Waals surface area contributed by atoms with Gasteiger partial charge in [0.2, 0.25) is 5.91 Å². The van der Waals surface area contributed by atoms with Gasteiger partial charge in [-0.25, -0.2) is 4.79 Å². The van der Waals surface area contributed by atoms with E-state index < -0.39 is 24.1 Å². The molecule has 1 aliphatic heterocycles. The third kappa shape index (κ3) is 5.01. The largest absolute Gasteiger partial charge is 0.480 e. The number of aryl methyl sites for hydroxylation is 1. The van der Waals surface area contributed by atoms with Gasteiger partial charge in [0.15, 0.2) is 0 Å². The van der Waals surface area contributed by atoms with Crippen LogP contribution in [-0.4, -0.2) is 58.6 Å². The number of ether oxygens (including phenoxy) is 1. The highest BCUT2D eigenvalue weighted by Crippen LogP contribution is 2.41. The van der Waals surface area contributed by atoms with Gasteiger partial charge in [-0.05, 0) is 57.4 Å². The van der Waals surface area contributed by atoms with Gasteiger partial charge in [-0.1, -0.05) is 36.8 Å². The number of carboxylic acid groups (broad SMARTS) is 1. The molecule has 0 aromatic heterocycles. The van der Waals surface area contributed by atoms with Crippen molar-refractivity contribution in [3.05, 3.63) is 35.9 Å². The average molecular weight is 417 g/mol. The van der Waals surface area contributed by atoms with Gasteiger partial charge in [0, 0.05) is 6.04 Å². The van der Waals surface area contributed by atoms with Gasteiger partial charge in [0.05, 0.1) is 12.6 Å². The molecule has 7 nitrogen and oxygen atoms in total. The first-order valence-corrected chi connectivity index (χ1v) is 10.9. The summed E-state index contributed by atoms with van der Waals surface area (Å²) in [5.41, 5.74) is 1.10. The minimum absolute atomic E-state index is 0.00629. The van der Waals surface area contributed by atoms with E-state index in [-0.39, 0.29) is 30.4 Å². The Kier molecular flexibility index (Phi) is 7.48.